The van der Waals surface area contributed by atoms with Gasteiger partial charge in [-0.25, -0.2) is 0 Å². The van der Waals surface area contributed by atoms with Gasteiger partial charge in [0, 0.05) is 16.1 Å². The van der Waals surface area contributed by atoms with Gasteiger partial charge in [-0.05, 0) is 59.5 Å². The maximum Gasteiger partial charge on any atom is 0.337 e. The molecule has 4 aromatic carbocycles. The van der Waals surface area contributed by atoms with E-state index in [1.807, 2.05) is 26.8 Å². The zero-order valence-corrected chi connectivity index (χ0v) is 16.2. The number of hydrogen-bond acceptors (Lipinski definition) is 2. The van der Waals surface area contributed by atoms with Crippen molar-refractivity contribution in [1.29, 1.82) is 0 Å². The summed E-state index contributed by atoms with van der Waals surface area (Å²) in [4.78, 5) is 0. The fraction of sp³-hybridized carbons (Fsp3) is 0.160. The lowest BCUT2D eigenvalue weighted by Gasteiger charge is -2.17. The first-order valence-corrected chi connectivity index (χ1v) is 9.31. The van der Waals surface area contributed by atoms with E-state index in [9.17, 15) is 5.21 Å². The molecule has 138 valence electrons. The summed E-state index contributed by atoms with van der Waals surface area (Å²) in [6.07, 6.45) is 0. The van der Waals surface area contributed by atoms with Gasteiger partial charge in [0.15, 0.2) is 0 Å². The predicted octanol–water partition coefficient (Wildman–Crippen LogP) is 6.68. The lowest BCUT2D eigenvalue weighted by Crippen LogP contribution is -2.03. The molecule has 28 heavy (non-hydrogen) atoms. The number of benzene rings is 4. The van der Waals surface area contributed by atoms with E-state index in [1.165, 1.54) is 21.5 Å². The molecule has 0 aliphatic heterocycles. The second-order valence-corrected chi connectivity index (χ2v) is 7.13. The first-order chi connectivity index (χ1) is 13.6. The van der Waals surface area contributed by atoms with Gasteiger partial charge in [0.1, 0.15) is 17.9 Å². The van der Waals surface area contributed by atoms with Crippen LogP contribution >= 0.6 is 0 Å². The summed E-state index contributed by atoms with van der Waals surface area (Å²) in [6, 6.07) is 23.5. The maximum absolute atomic E-state index is 10.7. The van der Waals surface area contributed by atoms with Gasteiger partial charge in [-0.15, -0.1) is 0 Å². The Balaban J connectivity index is 1.83. The Hall–Kier alpha value is -3.51. The molecule has 0 fully saturated rings. The topological polar surface area (TPSA) is 36.6 Å². The molecule has 4 rings (SSSR count). The summed E-state index contributed by atoms with van der Waals surface area (Å²) < 4.78 is 6.33. The fourth-order valence-electron chi connectivity index (χ4n) is 4.02. The van der Waals surface area contributed by atoms with Crippen LogP contribution < -0.4 is 4.74 Å². The van der Waals surface area contributed by atoms with E-state index in [-0.39, 0.29) is 0 Å². The molecule has 3 nitrogen and oxygen atoms in total. The van der Waals surface area contributed by atoms with E-state index in [1.54, 1.807) is 0 Å². The van der Waals surface area contributed by atoms with Gasteiger partial charge < -0.3 is 9.94 Å². The maximum atomic E-state index is 10.7. The molecule has 0 aliphatic carbocycles. The summed E-state index contributed by atoms with van der Waals surface area (Å²) in [5, 5.41) is 18.4. The Kier molecular flexibility index (Phi) is 4.63. The van der Waals surface area contributed by atoms with Gasteiger partial charge in [0.2, 0.25) is 0 Å². The predicted molar refractivity (Wildman–Crippen MR) is 116 cm³/mol. The highest BCUT2D eigenvalue weighted by molar-refractivity contribution is 6.02. The van der Waals surface area contributed by atoms with E-state index in [2.05, 4.69) is 65.7 Å². The van der Waals surface area contributed by atoms with E-state index in [4.69, 9.17) is 4.74 Å². The van der Waals surface area contributed by atoms with Crippen LogP contribution in [0.15, 0.2) is 60.7 Å². The van der Waals surface area contributed by atoms with Crippen LogP contribution in [0.3, 0.4) is 0 Å². The molecular formula is C25H21NO2. The minimum atomic E-state index is 0.445. The van der Waals surface area contributed by atoms with Crippen molar-refractivity contribution in [3.8, 4) is 11.8 Å². The van der Waals surface area contributed by atoms with Crippen LogP contribution in [-0.4, -0.2) is 0 Å². The standard InChI is InChI=1S/C25H21NO2/c1-16-12-17(2)25(18(3)23(16)14-26-27)28-15-24-21-10-6-4-8-19(21)13-20-9-5-7-11-22(20)24/h4-13H,15H2,1-3H3. The van der Waals surface area contributed by atoms with Gasteiger partial charge >= 0.3 is 6.07 Å². The van der Waals surface area contributed by atoms with Crippen LogP contribution in [0.4, 0.5) is 0 Å². The molecule has 0 aromatic heterocycles. The van der Waals surface area contributed by atoms with E-state index >= 15 is 0 Å². The van der Waals surface area contributed by atoms with Crippen LogP contribution in [0, 0.1) is 32.0 Å². The van der Waals surface area contributed by atoms with Crippen LogP contribution in [0.1, 0.15) is 27.8 Å². The molecule has 0 amide bonds. The smallest absolute Gasteiger partial charge is 0.337 e. The third-order valence-corrected chi connectivity index (χ3v) is 5.30. The molecule has 0 spiro atoms. The van der Waals surface area contributed by atoms with Crippen molar-refractivity contribution in [2.75, 3.05) is 0 Å². The fourth-order valence-corrected chi connectivity index (χ4v) is 4.02. The van der Waals surface area contributed by atoms with Gasteiger partial charge in [0.25, 0.3) is 0 Å². The molecule has 0 aliphatic rings. The van der Waals surface area contributed by atoms with Gasteiger partial charge in [-0.3, -0.25) is 0 Å². The number of ether oxygens (including phenoxy) is 1. The van der Waals surface area contributed by atoms with Crippen LogP contribution in [-0.2, 0) is 6.61 Å². The molecule has 0 N–H and O–H groups in total. The number of hydrogen-bond donors (Lipinski definition) is 0. The van der Waals surface area contributed by atoms with E-state index in [0.717, 1.165) is 28.0 Å². The quantitative estimate of drug-likeness (QED) is 0.299. The van der Waals surface area contributed by atoms with Crippen molar-refractivity contribution in [3.05, 3.63) is 98.7 Å². The number of nitrogens with zero attached hydrogens (tertiary/aromatic N) is 1. The average Bonchev–Trinajstić information content (AvgIpc) is 2.70. The number of aryl methyl sites for hydroxylation is 2. The Labute approximate surface area is 164 Å². The molecule has 0 saturated heterocycles. The molecule has 0 heterocycles. The summed E-state index contributed by atoms with van der Waals surface area (Å²) in [5.74, 6) is 0.786. The Morgan fingerprint density at radius 1 is 0.857 bits per heavy atom. The van der Waals surface area contributed by atoms with Crippen molar-refractivity contribution in [1.82, 2.24) is 0 Å². The third-order valence-electron chi connectivity index (χ3n) is 5.30. The second kappa shape index (κ2) is 7.25. The first-order valence-electron chi connectivity index (χ1n) is 9.31. The van der Waals surface area contributed by atoms with Crippen LogP contribution in [0.25, 0.3) is 26.6 Å². The van der Waals surface area contributed by atoms with E-state index in [0.29, 0.717) is 12.2 Å². The zero-order chi connectivity index (χ0) is 19.7. The van der Waals surface area contributed by atoms with Crippen LogP contribution in [0.2, 0.25) is 0 Å². The largest absolute Gasteiger partial charge is 0.498 e. The number of fused-ring (bicyclic) bond motifs is 2. The van der Waals surface area contributed by atoms with Crippen LogP contribution in [0.5, 0.6) is 5.75 Å². The molecular weight excluding hydrogens is 346 g/mol. The molecule has 0 unspecified atom stereocenters. The molecule has 0 atom stereocenters. The van der Waals surface area contributed by atoms with Crippen molar-refractivity contribution < 1.29 is 4.74 Å². The van der Waals surface area contributed by atoms with Crippen molar-refractivity contribution in [2.45, 2.75) is 27.4 Å². The van der Waals surface area contributed by atoms with Gasteiger partial charge in [-0.2, -0.15) is 0 Å². The molecule has 0 saturated carbocycles. The normalized spacial score (nSPS) is 10.7. The second-order valence-electron chi connectivity index (χ2n) is 7.13. The number of rotatable bonds is 3. The molecule has 0 bridgehead atoms. The molecule has 3 heteroatoms. The van der Waals surface area contributed by atoms with Crippen molar-refractivity contribution >= 4 is 21.5 Å². The van der Waals surface area contributed by atoms with E-state index < -0.39 is 0 Å². The zero-order valence-electron chi connectivity index (χ0n) is 16.2. The Morgan fingerprint density at radius 3 is 2.07 bits per heavy atom. The molecule has 4 aromatic rings. The minimum absolute atomic E-state index is 0.445. The molecule has 0 radical (unpaired) electrons. The average molecular weight is 367 g/mol. The van der Waals surface area contributed by atoms with Crippen molar-refractivity contribution in [3.63, 3.8) is 0 Å². The third kappa shape index (κ3) is 3.04. The Bertz CT molecular complexity index is 1210. The Morgan fingerprint density at radius 2 is 1.46 bits per heavy atom. The lowest BCUT2D eigenvalue weighted by atomic mass is 9.97. The SMILES string of the molecule is Cc1cc(C)c(OCc2c3ccccc3cc3ccccc23)c(C)c1C#[N+][O-]. The minimum Gasteiger partial charge on any atom is -0.498 e. The summed E-state index contributed by atoms with van der Waals surface area (Å²) >= 11 is 0. The van der Waals surface area contributed by atoms with Gasteiger partial charge in [0.05, 0.1) is 0 Å². The highest BCUT2D eigenvalue weighted by Crippen LogP contribution is 2.33. The summed E-state index contributed by atoms with van der Waals surface area (Å²) in [7, 11) is 0. The monoisotopic (exact) mass is 367 g/mol. The highest BCUT2D eigenvalue weighted by Gasteiger charge is 2.16. The summed E-state index contributed by atoms with van der Waals surface area (Å²) in [5.41, 5.74) is 4.77. The summed E-state index contributed by atoms with van der Waals surface area (Å²) in [6.45, 7) is 6.37. The van der Waals surface area contributed by atoms with Gasteiger partial charge in [-0.1, -0.05) is 54.6 Å². The highest BCUT2D eigenvalue weighted by atomic mass is 16.5. The van der Waals surface area contributed by atoms with Crippen molar-refractivity contribution in [2.24, 2.45) is 0 Å². The first kappa shape index (κ1) is 17.9. The lowest BCUT2D eigenvalue weighted by molar-refractivity contribution is 0.304.